The Kier molecular flexibility index (Phi) is 3.68. The molecule has 1 unspecified atom stereocenters. The fourth-order valence-electron chi connectivity index (χ4n) is 2.18. The second-order valence-corrected chi connectivity index (χ2v) is 7.04. The van der Waals surface area contributed by atoms with E-state index in [0.29, 0.717) is 6.07 Å². The van der Waals surface area contributed by atoms with Crippen molar-refractivity contribution in [1.82, 2.24) is 4.90 Å². The summed E-state index contributed by atoms with van der Waals surface area (Å²) in [6.07, 6.45) is 0. The predicted octanol–water partition coefficient (Wildman–Crippen LogP) is 0.806. The molecule has 1 saturated heterocycles. The Balaban J connectivity index is 2.31. The lowest BCUT2D eigenvalue weighted by molar-refractivity contribution is 0.0708. The van der Waals surface area contributed by atoms with Gasteiger partial charge in [0.25, 0.3) is 5.91 Å². The smallest absolute Gasteiger partial charge is 0.257 e. The summed E-state index contributed by atoms with van der Waals surface area (Å²) < 4.78 is 49.6. The number of carbonyl (C=O) groups excluding carboxylic acids is 1. The van der Waals surface area contributed by atoms with Gasteiger partial charge in [-0.25, -0.2) is 17.2 Å². The molecule has 0 aromatic heterocycles. The summed E-state index contributed by atoms with van der Waals surface area (Å²) >= 11 is 0. The fraction of sp³-hybridized carbons (Fsp3) is 0.417. The fourth-order valence-corrected chi connectivity index (χ4v) is 3.74. The van der Waals surface area contributed by atoms with Crippen molar-refractivity contribution in [2.45, 2.75) is 13.0 Å². The van der Waals surface area contributed by atoms with E-state index in [1.54, 1.807) is 6.92 Å². The van der Waals surface area contributed by atoms with Crippen molar-refractivity contribution in [1.29, 1.82) is 0 Å². The minimum absolute atomic E-state index is 0.0148. The molecule has 0 spiro atoms. The Morgan fingerprint density at radius 3 is 2.60 bits per heavy atom. The third-order valence-electron chi connectivity index (χ3n) is 3.25. The number of carbonyl (C=O) groups is 1. The Bertz CT molecular complexity index is 661. The SMILES string of the molecule is CC1CS(=O)(=O)CCN1C(=O)c1cc(N)c(F)cc1F. The molecule has 2 rings (SSSR count). The minimum Gasteiger partial charge on any atom is -0.396 e. The number of hydrogen-bond donors (Lipinski definition) is 1. The molecule has 0 radical (unpaired) electrons. The number of anilines is 1. The van der Waals surface area contributed by atoms with Crippen molar-refractivity contribution >= 4 is 21.4 Å². The zero-order valence-electron chi connectivity index (χ0n) is 10.8. The number of nitrogen functional groups attached to an aromatic ring is 1. The lowest BCUT2D eigenvalue weighted by Gasteiger charge is -2.33. The topological polar surface area (TPSA) is 80.5 Å². The number of halogens is 2. The van der Waals surface area contributed by atoms with Gasteiger partial charge in [-0.15, -0.1) is 0 Å². The van der Waals surface area contributed by atoms with Gasteiger partial charge in [-0.1, -0.05) is 0 Å². The van der Waals surface area contributed by atoms with E-state index in [2.05, 4.69) is 0 Å². The van der Waals surface area contributed by atoms with Gasteiger partial charge in [0.1, 0.15) is 11.6 Å². The van der Waals surface area contributed by atoms with Gasteiger partial charge >= 0.3 is 0 Å². The molecule has 8 heteroatoms. The summed E-state index contributed by atoms with van der Waals surface area (Å²) in [5, 5.41) is 0. The van der Waals surface area contributed by atoms with Crippen LogP contribution in [-0.4, -0.2) is 43.3 Å². The average molecular weight is 304 g/mol. The molecule has 1 amide bonds. The highest BCUT2D eigenvalue weighted by Crippen LogP contribution is 2.21. The highest BCUT2D eigenvalue weighted by Gasteiger charge is 2.32. The highest BCUT2D eigenvalue weighted by atomic mass is 32.2. The van der Waals surface area contributed by atoms with E-state index in [-0.39, 0.29) is 29.3 Å². The molecule has 1 aliphatic rings. The summed E-state index contributed by atoms with van der Waals surface area (Å²) in [5.41, 5.74) is 4.65. The van der Waals surface area contributed by atoms with Gasteiger partial charge < -0.3 is 10.6 Å². The Morgan fingerprint density at radius 1 is 1.35 bits per heavy atom. The van der Waals surface area contributed by atoms with E-state index >= 15 is 0 Å². The van der Waals surface area contributed by atoms with Crippen LogP contribution in [0.25, 0.3) is 0 Å². The summed E-state index contributed by atoms with van der Waals surface area (Å²) in [5.74, 6) is -2.97. The molecule has 2 N–H and O–H groups in total. The van der Waals surface area contributed by atoms with Crippen molar-refractivity contribution in [2.24, 2.45) is 0 Å². The van der Waals surface area contributed by atoms with Gasteiger partial charge in [-0.05, 0) is 13.0 Å². The number of benzene rings is 1. The van der Waals surface area contributed by atoms with Gasteiger partial charge in [0.15, 0.2) is 9.84 Å². The molecule has 1 heterocycles. The number of amides is 1. The maximum atomic E-state index is 13.7. The normalized spacial score (nSPS) is 21.8. The second-order valence-electron chi connectivity index (χ2n) is 4.82. The largest absolute Gasteiger partial charge is 0.396 e. The minimum atomic E-state index is -3.18. The van der Waals surface area contributed by atoms with Crippen molar-refractivity contribution in [2.75, 3.05) is 23.8 Å². The third kappa shape index (κ3) is 2.74. The molecule has 1 fully saturated rings. The number of rotatable bonds is 1. The average Bonchev–Trinajstić information content (AvgIpc) is 2.32. The Hall–Kier alpha value is -1.70. The second kappa shape index (κ2) is 5.01. The standard InChI is InChI=1S/C12H14F2N2O3S/c1-7-6-20(18,19)3-2-16(7)12(17)8-4-11(15)10(14)5-9(8)13/h4-5,7H,2-3,6,15H2,1H3. The van der Waals surface area contributed by atoms with Crippen molar-refractivity contribution in [3.63, 3.8) is 0 Å². The van der Waals surface area contributed by atoms with Crippen LogP contribution >= 0.6 is 0 Å². The van der Waals surface area contributed by atoms with E-state index in [1.165, 1.54) is 4.90 Å². The molecule has 5 nitrogen and oxygen atoms in total. The number of sulfone groups is 1. The molecular weight excluding hydrogens is 290 g/mol. The van der Waals surface area contributed by atoms with Crippen LogP contribution < -0.4 is 5.73 Å². The molecule has 110 valence electrons. The highest BCUT2D eigenvalue weighted by molar-refractivity contribution is 7.91. The quantitative estimate of drug-likeness (QED) is 0.778. The number of nitrogens with two attached hydrogens (primary N) is 1. The predicted molar refractivity (Wildman–Crippen MR) is 69.9 cm³/mol. The first kappa shape index (κ1) is 14.7. The van der Waals surface area contributed by atoms with Gasteiger partial charge in [0.05, 0.1) is 22.8 Å². The van der Waals surface area contributed by atoms with Crippen LogP contribution in [0, 0.1) is 11.6 Å². The molecule has 0 bridgehead atoms. The van der Waals surface area contributed by atoms with Gasteiger partial charge in [0.2, 0.25) is 0 Å². The van der Waals surface area contributed by atoms with Crippen LogP contribution in [0.3, 0.4) is 0 Å². The molecule has 0 aliphatic carbocycles. The van der Waals surface area contributed by atoms with Crippen LogP contribution in [0.5, 0.6) is 0 Å². The summed E-state index contributed by atoms with van der Waals surface area (Å²) in [4.78, 5) is 13.5. The van der Waals surface area contributed by atoms with Crippen LogP contribution in [0.1, 0.15) is 17.3 Å². The van der Waals surface area contributed by atoms with Crippen LogP contribution in [0.15, 0.2) is 12.1 Å². The van der Waals surface area contributed by atoms with Crippen molar-refractivity contribution < 1.29 is 22.0 Å². The van der Waals surface area contributed by atoms with Crippen molar-refractivity contribution in [3.8, 4) is 0 Å². The summed E-state index contributed by atoms with van der Waals surface area (Å²) in [7, 11) is -3.18. The maximum Gasteiger partial charge on any atom is 0.257 e. The van der Waals surface area contributed by atoms with Gasteiger partial charge in [-0.2, -0.15) is 0 Å². The van der Waals surface area contributed by atoms with E-state index in [0.717, 1.165) is 6.07 Å². The van der Waals surface area contributed by atoms with E-state index < -0.39 is 33.4 Å². The molecule has 1 aromatic rings. The lowest BCUT2D eigenvalue weighted by atomic mass is 10.1. The van der Waals surface area contributed by atoms with E-state index in [9.17, 15) is 22.0 Å². The first-order valence-corrected chi connectivity index (χ1v) is 7.79. The zero-order chi connectivity index (χ0) is 15.1. The molecule has 1 aromatic carbocycles. The summed E-state index contributed by atoms with van der Waals surface area (Å²) in [6, 6.07) is 0.920. The summed E-state index contributed by atoms with van der Waals surface area (Å²) in [6.45, 7) is 1.55. The first-order chi connectivity index (χ1) is 9.21. The first-order valence-electron chi connectivity index (χ1n) is 5.97. The van der Waals surface area contributed by atoms with Gasteiger partial charge in [0, 0.05) is 18.7 Å². The lowest BCUT2D eigenvalue weighted by Crippen LogP contribution is -2.49. The number of nitrogens with zero attached hydrogens (tertiary/aromatic N) is 1. The van der Waals surface area contributed by atoms with Gasteiger partial charge in [-0.3, -0.25) is 4.79 Å². The van der Waals surface area contributed by atoms with Crippen LogP contribution in [0.2, 0.25) is 0 Å². The van der Waals surface area contributed by atoms with E-state index in [4.69, 9.17) is 5.73 Å². The third-order valence-corrected chi connectivity index (χ3v) is 5.04. The molecule has 20 heavy (non-hydrogen) atoms. The van der Waals surface area contributed by atoms with Crippen LogP contribution in [0.4, 0.5) is 14.5 Å². The number of hydrogen-bond acceptors (Lipinski definition) is 4. The zero-order valence-corrected chi connectivity index (χ0v) is 11.6. The maximum absolute atomic E-state index is 13.7. The molecule has 1 atom stereocenters. The Morgan fingerprint density at radius 2 is 2.00 bits per heavy atom. The molecule has 1 aliphatic heterocycles. The Labute approximate surface area is 115 Å². The monoisotopic (exact) mass is 304 g/mol. The van der Waals surface area contributed by atoms with Crippen LogP contribution in [-0.2, 0) is 9.84 Å². The molecule has 0 saturated carbocycles. The molecular formula is C12H14F2N2O3S. The van der Waals surface area contributed by atoms with Crippen molar-refractivity contribution in [3.05, 3.63) is 29.3 Å². The van der Waals surface area contributed by atoms with E-state index in [1.807, 2.05) is 0 Å².